The Bertz CT molecular complexity index is 1890. The molecule has 0 aliphatic heterocycles. The molecule has 0 saturated carbocycles. The number of halogens is 2. The Morgan fingerprint density at radius 2 is 1.95 bits per heavy atom. The molecule has 14 heteroatoms. The molecule has 1 amide bonds. The summed E-state index contributed by atoms with van der Waals surface area (Å²) in [6.07, 6.45) is 3.70. The van der Waals surface area contributed by atoms with Crippen LogP contribution in [0.15, 0.2) is 59.9 Å². The number of hydrogen-bond donors (Lipinski definition) is 3. The summed E-state index contributed by atoms with van der Waals surface area (Å²) in [7, 11) is 1.58. The van der Waals surface area contributed by atoms with Crippen LogP contribution in [-0.4, -0.2) is 43.0 Å². The standard InChI is InChI=1S/C27H23F2N9O2S/c1-13(23-20(15-5-4-6-16(28)9-15)26(40)38-11-17(29)7-8-19(38)36-23)35-25-21(24(31)33-12-34-25)22(30)18-10-32-27(41-18)37(3)14(2)39/h4-13,30H,1-3H3,(H3,31,33,34,35). The molecule has 5 rings (SSSR count). The molecule has 1 atom stereocenters. The summed E-state index contributed by atoms with van der Waals surface area (Å²) < 4.78 is 29.3. The predicted octanol–water partition coefficient (Wildman–Crippen LogP) is 4.04. The minimum Gasteiger partial charge on any atom is -0.383 e. The smallest absolute Gasteiger partial charge is 0.266 e. The number of nitrogens with zero attached hydrogens (tertiary/aromatic N) is 6. The Hall–Kier alpha value is -5.11. The summed E-state index contributed by atoms with van der Waals surface area (Å²) >= 11 is 1.12. The topological polar surface area (TPSA) is 155 Å². The summed E-state index contributed by atoms with van der Waals surface area (Å²) in [5.74, 6) is -1.22. The lowest BCUT2D eigenvalue weighted by Crippen LogP contribution is -2.24. The Balaban J connectivity index is 1.59. The van der Waals surface area contributed by atoms with Gasteiger partial charge in [-0.1, -0.05) is 23.5 Å². The maximum atomic E-state index is 14.2. The lowest BCUT2D eigenvalue weighted by molar-refractivity contribution is -0.116. The lowest BCUT2D eigenvalue weighted by atomic mass is 10.0. The van der Waals surface area contributed by atoms with Gasteiger partial charge in [0, 0.05) is 26.4 Å². The maximum absolute atomic E-state index is 14.2. The first-order valence-electron chi connectivity index (χ1n) is 12.2. The van der Waals surface area contributed by atoms with Gasteiger partial charge in [0.05, 0.1) is 33.5 Å². The number of rotatable bonds is 7. The molecule has 4 heterocycles. The highest BCUT2D eigenvalue weighted by Gasteiger charge is 2.24. The highest BCUT2D eigenvalue weighted by atomic mass is 32.1. The average molecular weight is 576 g/mol. The van der Waals surface area contributed by atoms with Crippen molar-refractivity contribution in [2.45, 2.75) is 19.9 Å². The number of fused-ring (bicyclic) bond motifs is 1. The summed E-state index contributed by atoms with van der Waals surface area (Å²) in [6.45, 7) is 3.11. The molecule has 0 saturated heterocycles. The Labute approximate surface area is 235 Å². The van der Waals surface area contributed by atoms with Crippen molar-refractivity contribution in [1.82, 2.24) is 24.3 Å². The van der Waals surface area contributed by atoms with E-state index in [0.29, 0.717) is 10.0 Å². The summed E-state index contributed by atoms with van der Waals surface area (Å²) in [5, 5.41) is 12.4. The second kappa shape index (κ2) is 10.8. The van der Waals surface area contributed by atoms with E-state index in [4.69, 9.17) is 11.1 Å². The van der Waals surface area contributed by atoms with Gasteiger partial charge in [-0.15, -0.1) is 0 Å². The fourth-order valence-corrected chi connectivity index (χ4v) is 5.06. The number of benzene rings is 1. The Morgan fingerprint density at radius 1 is 1.17 bits per heavy atom. The van der Waals surface area contributed by atoms with Crippen molar-refractivity contribution in [2.24, 2.45) is 0 Å². The van der Waals surface area contributed by atoms with E-state index < -0.39 is 23.2 Å². The first kappa shape index (κ1) is 27.5. The van der Waals surface area contributed by atoms with Gasteiger partial charge < -0.3 is 11.1 Å². The largest absolute Gasteiger partial charge is 0.383 e. The minimum atomic E-state index is -0.724. The second-order valence-electron chi connectivity index (χ2n) is 9.07. The maximum Gasteiger partial charge on any atom is 0.266 e. The zero-order valence-electron chi connectivity index (χ0n) is 22.0. The average Bonchev–Trinajstić information content (AvgIpc) is 3.43. The molecule has 208 valence electrons. The number of nitrogens with one attached hydrogen (secondary N) is 2. The van der Waals surface area contributed by atoms with Crippen molar-refractivity contribution < 1.29 is 13.6 Å². The predicted molar refractivity (Wildman–Crippen MR) is 152 cm³/mol. The van der Waals surface area contributed by atoms with Gasteiger partial charge >= 0.3 is 0 Å². The van der Waals surface area contributed by atoms with Crippen LogP contribution in [0.25, 0.3) is 16.8 Å². The first-order valence-corrected chi connectivity index (χ1v) is 13.0. The number of thiazole rings is 1. The van der Waals surface area contributed by atoms with Gasteiger partial charge in [-0.2, -0.15) is 0 Å². The number of pyridine rings is 1. The van der Waals surface area contributed by atoms with Gasteiger partial charge in [-0.3, -0.25) is 24.3 Å². The molecule has 11 nitrogen and oxygen atoms in total. The number of carbonyl (C=O) groups excluding carboxylic acids is 1. The molecule has 0 bridgehead atoms. The first-order chi connectivity index (χ1) is 19.5. The van der Waals surface area contributed by atoms with Crippen LogP contribution in [-0.2, 0) is 4.79 Å². The van der Waals surface area contributed by atoms with Crippen molar-refractivity contribution in [3.63, 3.8) is 0 Å². The van der Waals surface area contributed by atoms with Crippen LogP contribution in [0.5, 0.6) is 0 Å². The third kappa shape index (κ3) is 5.24. The van der Waals surface area contributed by atoms with Crippen molar-refractivity contribution in [2.75, 3.05) is 23.0 Å². The lowest BCUT2D eigenvalue weighted by Gasteiger charge is -2.20. The van der Waals surface area contributed by atoms with Crippen LogP contribution < -0.4 is 21.5 Å². The molecule has 0 spiro atoms. The number of aromatic nitrogens is 5. The molecule has 1 unspecified atom stereocenters. The van der Waals surface area contributed by atoms with E-state index in [9.17, 15) is 18.4 Å². The van der Waals surface area contributed by atoms with E-state index >= 15 is 0 Å². The zero-order valence-corrected chi connectivity index (χ0v) is 22.8. The zero-order chi connectivity index (χ0) is 29.4. The van der Waals surface area contributed by atoms with Gasteiger partial charge in [-0.25, -0.2) is 28.7 Å². The van der Waals surface area contributed by atoms with Crippen LogP contribution in [0, 0.1) is 17.0 Å². The van der Waals surface area contributed by atoms with Crippen molar-refractivity contribution in [1.29, 1.82) is 5.41 Å². The molecule has 4 aromatic heterocycles. The number of hydrogen-bond acceptors (Lipinski definition) is 10. The van der Waals surface area contributed by atoms with Crippen molar-refractivity contribution in [3.05, 3.63) is 93.2 Å². The molecular weight excluding hydrogens is 552 g/mol. The number of nitrogens with two attached hydrogens (primary N) is 1. The molecule has 41 heavy (non-hydrogen) atoms. The number of anilines is 3. The number of nitrogen functional groups attached to an aromatic ring is 1. The summed E-state index contributed by atoms with van der Waals surface area (Å²) in [4.78, 5) is 44.3. The molecule has 5 aromatic rings. The van der Waals surface area contributed by atoms with Gasteiger partial charge in [0.2, 0.25) is 5.91 Å². The number of amides is 1. The van der Waals surface area contributed by atoms with Crippen LogP contribution in [0.1, 0.15) is 36.0 Å². The van der Waals surface area contributed by atoms with Gasteiger partial charge in [0.25, 0.3) is 5.56 Å². The van der Waals surface area contributed by atoms with Gasteiger partial charge in [0.1, 0.15) is 35.2 Å². The molecule has 0 radical (unpaired) electrons. The van der Waals surface area contributed by atoms with Gasteiger partial charge in [0.15, 0.2) is 5.13 Å². The molecule has 1 aromatic carbocycles. The second-order valence-corrected chi connectivity index (χ2v) is 10.1. The van der Waals surface area contributed by atoms with Crippen molar-refractivity contribution in [3.8, 4) is 11.1 Å². The monoisotopic (exact) mass is 575 g/mol. The third-order valence-corrected chi connectivity index (χ3v) is 7.41. The normalized spacial score (nSPS) is 11.8. The highest BCUT2D eigenvalue weighted by Crippen LogP contribution is 2.31. The van der Waals surface area contributed by atoms with E-state index in [1.54, 1.807) is 20.0 Å². The molecule has 0 fully saturated rings. The molecule has 0 aliphatic rings. The molecule has 0 aliphatic carbocycles. The molecular formula is C27H23F2N9O2S. The van der Waals surface area contributed by atoms with Gasteiger partial charge in [-0.05, 0) is 36.8 Å². The fourth-order valence-electron chi connectivity index (χ4n) is 4.18. The van der Waals surface area contributed by atoms with Crippen LogP contribution in [0.4, 0.5) is 25.5 Å². The fraction of sp³-hybridized carbons (Fsp3) is 0.148. The van der Waals surface area contributed by atoms with E-state index in [2.05, 4.69) is 25.3 Å². The van der Waals surface area contributed by atoms with Crippen LogP contribution >= 0.6 is 11.3 Å². The van der Waals surface area contributed by atoms with Crippen LogP contribution in [0.2, 0.25) is 0 Å². The van der Waals surface area contributed by atoms with E-state index in [0.717, 1.165) is 21.9 Å². The molecule has 4 N–H and O–H groups in total. The summed E-state index contributed by atoms with van der Waals surface area (Å²) in [6, 6.07) is 7.30. The SMILES string of the molecule is CC(=O)N(C)c1ncc(C(=N)c2c(N)ncnc2NC(C)c2nc3ccc(F)cn3c(=O)c2-c2cccc(F)c2)s1. The summed E-state index contributed by atoms with van der Waals surface area (Å²) in [5.41, 5.74) is 6.47. The van der Waals surface area contributed by atoms with E-state index in [-0.39, 0.29) is 51.3 Å². The Morgan fingerprint density at radius 3 is 2.68 bits per heavy atom. The highest BCUT2D eigenvalue weighted by molar-refractivity contribution is 7.17. The minimum absolute atomic E-state index is 0.0157. The number of carbonyl (C=O) groups is 1. The van der Waals surface area contributed by atoms with Crippen molar-refractivity contribution >= 4 is 45.4 Å². The Kier molecular flexibility index (Phi) is 7.24. The van der Waals surface area contributed by atoms with E-state index in [1.807, 2.05) is 0 Å². The quantitative estimate of drug-likeness (QED) is 0.246. The third-order valence-electron chi connectivity index (χ3n) is 6.32. The van der Waals surface area contributed by atoms with Crippen LogP contribution in [0.3, 0.4) is 0 Å². The van der Waals surface area contributed by atoms with E-state index in [1.165, 1.54) is 54.7 Å².